The average molecular weight is 357 g/mol. The molecule has 1 aliphatic carbocycles. The van der Waals surface area contributed by atoms with Crippen molar-refractivity contribution in [3.63, 3.8) is 0 Å². The maximum Gasteiger partial charge on any atom is 0.394 e. The predicted octanol–water partition coefficient (Wildman–Crippen LogP) is 4.66. The van der Waals surface area contributed by atoms with Crippen LogP contribution >= 0.6 is 0 Å². The van der Waals surface area contributed by atoms with E-state index in [2.05, 4.69) is 10.3 Å². The van der Waals surface area contributed by atoms with Crippen molar-refractivity contribution >= 4 is 17.4 Å². The number of nitrogens with zero attached hydrogens (tertiary/aromatic N) is 2. The van der Waals surface area contributed by atoms with Crippen LogP contribution in [0.4, 0.5) is 23.4 Å². The van der Waals surface area contributed by atoms with E-state index in [1.807, 2.05) is 0 Å². The summed E-state index contributed by atoms with van der Waals surface area (Å²) in [6.07, 6.45) is -1.14. The Bertz CT molecular complexity index is 806. The number of rotatable bonds is 4. The van der Waals surface area contributed by atoms with Gasteiger partial charge in [0.25, 0.3) is 0 Å². The van der Waals surface area contributed by atoms with Crippen LogP contribution in [0.2, 0.25) is 0 Å². The molecule has 0 aliphatic heterocycles. The lowest BCUT2D eigenvalue weighted by Gasteiger charge is -2.28. The second-order valence-corrected chi connectivity index (χ2v) is 7.16. The highest BCUT2D eigenvalue weighted by Crippen LogP contribution is 2.42. The third-order valence-corrected chi connectivity index (χ3v) is 4.74. The highest BCUT2D eigenvalue weighted by atomic mass is 19.4. The highest BCUT2D eigenvalue weighted by Gasteiger charge is 2.48. The third kappa shape index (κ3) is 3.34. The number of imidazole rings is 1. The summed E-state index contributed by atoms with van der Waals surface area (Å²) in [5.41, 5.74) is -1.04. The van der Waals surface area contributed by atoms with Crippen LogP contribution in [0.15, 0.2) is 18.3 Å². The molecule has 0 atom stereocenters. The van der Waals surface area contributed by atoms with Gasteiger partial charge in [-0.05, 0) is 25.0 Å². The van der Waals surface area contributed by atoms with Crippen LogP contribution in [-0.4, -0.2) is 21.5 Å². The number of hydrogen-bond acceptors (Lipinski definition) is 2. The Morgan fingerprint density at radius 2 is 2.00 bits per heavy atom. The first-order valence-corrected chi connectivity index (χ1v) is 8.12. The van der Waals surface area contributed by atoms with Gasteiger partial charge in [-0.3, -0.25) is 9.20 Å². The predicted molar refractivity (Wildman–Crippen MR) is 84.8 cm³/mol. The summed E-state index contributed by atoms with van der Waals surface area (Å²) >= 11 is 0. The van der Waals surface area contributed by atoms with E-state index in [4.69, 9.17) is 0 Å². The molecular weight excluding hydrogens is 338 g/mol. The van der Waals surface area contributed by atoms with Gasteiger partial charge in [0.15, 0.2) is 5.82 Å². The molecule has 0 radical (unpaired) electrons. The summed E-state index contributed by atoms with van der Waals surface area (Å²) in [6, 6.07) is 2.73. The molecule has 2 heterocycles. The molecule has 0 spiro atoms. The number of halogens is 4. The minimum atomic E-state index is -4.48. The van der Waals surface area contributed by atoms with Crippen molar-refractivity contribution in [2.45, 2.75) is 51.6 Å². The van der Waals surface area contributed by atoms with Crippen LogP contribution < -0.4 is 5.32 Å². The Morgan fingerprint density at radius 3 is 2.56 bits per heavy atom. The summed E-state index contributed by atoms with van der Waals surface area (Å²) in [5.74, 6) is -0.866. The number of pyridine rings is 1. The Hall–Kier alpha value is -2.12. The van der Waals surface area contributed by atoms with Crippen molar-refractivity contribution in [1.29, 1.82) is 0 Å². The molecule has 4 nitrogen and oxygen atoms in total. The molecule has 2 aromatic rings. The molecule has 0 unspecified atom stereocenters. The zero-order valence-corrected chi connectivity index (χ0v) is 14.0. The molecule has 0 bridgehead atoms. The van der Waals surface area contributed by atoms with Gasteiger partial charge in [-0.25, -0.2) is 9.37 Å². The first kappa shape index (κ1) is 17.7. The maximum absolute atomic E-state index is 13.6. The van der Waals surface area contributed by atoms with E-state index in [0.717, 1.165) is 33.1 Å². The van der Waals surface area contributed by atoms with Gasteiger partial charge in [-0.2, -0.15) is 13.2 Å². The Morgan fingerprint density at radius 1 is 1.32 bits per heavy atom. The minimum Gasteiger partial charge on any atom is -0.309 e. The Kier molecular flexibility index (Phi) is 4.25. The monoisotopic (exact) mass is 357 g/mol. The van der Waals surface area contributed by atoms with Gasteiger partial charge in [0.1, 0.15) is 11.5 Å². The molecule has 2 aromatic heterocycles. The van der Waals surface area contributed by atoms with E-state index >= 15 is 0 Å². The molecule has 8 heteroatoms. The molecule has 0 aromatic carbocycles. The first-order valence-electron chi connectivity index (χ1n) is 8.12. The number of hydrogen-bond donors (Lipinski definition) is 1. The number of alkyl halides is 3. The van der Waals surface area contributed by atoms with Crippen molar-refractivity contribution < 1.29 is 22.4 Å². The van der Waals surface area contributed by atoms with E-state index < -0.39 is 29.7 Å². The molecule has 1 amide bonds. The lowest BCUT2D eigenvalue weighted by molar-refractivity contribution is -0.213. The second-order valence-electron chi connectivity index (χ2n) is 7.16. The van der Waals surface area contributed by atoms with Gasteiger partial charge in [0.2, 0.25) is 5.91 Å². The van der Waals surface area contributed by atoms with E-state index in [1.165, 1.54) is 18.3 Å². The molecule has 25 heavy (non-hydrogen) atoms. The van der Waals surface area contributed by atoms with Gasteiger partial charge < -0.3 is 5.32 Å². The number of anilines is 1. The van der Waals surface area contributed by atoms with Crippen LogP contribution in [0, 0.1) is 11.2 Å². The fourth-order valence-electron chi connectivity index (χ4n) is 2.88. The largest absolute Gasteiger partial charge is 0.394 e. The van der Waals surface area contributed by atoms with E-state index in [9.17, 15) is 22.4 Å². The Labute approximate surface area is 142 Å². The smallest absolute Gasteiger partial charge is 0.309 e. The summed E-state index contributed by atoms with van der Waals surface area (Å²) in [5, 5.41) is 2.50. The quantitative estimate of drug-likeness (QED) is 0.809. The third-order valence-electron chi connectivity index (χ3n) is 4.74. The van der Waals surface area contributed by atoms with Crippen LogP contribution in [0.1, 0.15) is 51.1 Å². The lowest BCUT2D eigenvalue weighted by atomic mass is 9.82. The van der Waals surface area contributed by atoms with Crippen LogP contribution in [0.3, 0.4) is 0 Å². The van der Waals surface area contributed by atoms with Gasteiger partial charge in [0, 0.05) is 18.5 Å². The van der Waals surface area contributed by atoms with Gasteiger partial charge in [-0.1, -0.05) is 20.3 Å². The molecular formula is C17H19F4N3O. The fourth-order valence-corrected chi connectivity index (χ4v) is 2.88. The van der Waals surface area contributed by atoms with Crippen molar-refractivity contribution in [2.24, 2.45) is 5.41 Å². The van der Waals surface area contributed by atoms with Gasteiger partial charge in [0.05, 0.1) is 11.1 Å². The van der Waals surface area contributed by atoms with Crippen LogP contribution in [0.25, 0.3) is 5.65 Å². The zero-order valence-electron chi connectivity index (χ0n) is 14.0. The summed E-state index contributed by atoms with van der Waals surface area (Å²) < 4.78 is 54.1. The van der Waals surface area contributed by atoms with Gasteiger partial charge in [-0.15, -0.1) is 0 Å². The summed E-state index contributed by atoms with van der Waals surface area (Å²) in [4.78, 5) is 16.4. The molecule has 3 rings (SSSR count). The normalized spacial score (nSPS) is 16.1. The number of nitrogens with one attached hydrogen (secondary N) is 1. The number of aromatic nitrogens is 2. The second kappa shape index (κ2) is 6.00. The Balaban J connectivity index is 1.89. The lowest BCUT2D eigenvalue weighted by Crippen LogP contribution is -2.36. The molecule has 0 saturated heterocycles. The topological polar surface area (TPSA) is 46.4 Å². The highest BCUT2D eigenvalue weighted by molar-refractivity contribution is 5.91. The molecule has 136 valence electrons. The fraction of sp³-hybridized carbons (Fsp3) is 0.529. The van der Waals surface area contributed by atoms with E-state index in [1.54, 1.807) is 4.40 Å². The molecule has 1 N–H and O–H groups in total. The molecule has 1 fully saturated rings. The number of carbonyl (C=O) groups is 1. The SMILES string of the molecule is CC(C)(CC(=O)Nc1nc2ccc(F)cn2c1C1CCC1)C(F)(F)F. The zero-order chi connectivity index (χ0) is 18.4. The van der Waals surface area contributed by atoms with Gasteiger partial charge >= 0.3 is 6.18 Å². The van der Waals surface area contributed by atoms with Crippen molar-refractivity contribution in [1.82, 2.24) is 9.38 Å². The van der Waals surface area contributed by atoms with E-state index in [-0.39, 0.29) is 11.7 Å². The standard InChI is InChI=1S/C17H19F4N3O/c1-16(2,17(19,20)21)8-13(25)23-15-14(10-4-3-5-10)24-9-11(18)6-7-12(24)22-15/h6-7,9-10H,3-5,8H2,1-2H3,(H,23,25). The summed E-state index contributed by atoms with van der Waals surface area (Å²) in [7, 11) is 0. The van der Waals surface area contributed by atoms with E-state index in [0.29, 0.717) is 11.3 Å². The van der Waals surface area contributed by atoms with Crippen molar-refractivity contribution in [3.8, 4) is 0 Å². The van der Waals surface area contributed by atoms with Crippen LogP contribution in [0.5, 0.6) is 0 Å². The minimum absolute atomic E-state index is 0.114. The maximum atomic E-state index is 13.6. The van der Waals surface area contributed by atoms with Crippen molar-refractivity contribution in [3.05, 3.63) is 29.8 Å². The number of amides is 1. The summed E-state index contributed by atoms with van der Waals surface area (Å²) in [6.45, 7) is 1.97. The average Bonchev–Trinajstić information content (AvgIpc) is 2.73. The molecule has 1 saturated carbocycles. The number of carbonyl (C=O) groups excluding carboxylic acids is 1. The first-order chi connectivity index (χ1) is 11.6. The number of fused-ring (bicyclic) bond motifs is 1. The van der Waals surface area contributed by atoms with Crippen molar-refractivity contribution in [2.75, 3.05) is 5.32 Å². The van der Waals surface area contributed by atoms with Crippen LogP contribution in [-0.2, 0) is 4.79 Å². The molecule has 1 aliphatic rings.